The van der Waals surface area contributed by atoms with Gasteiger partial charge >= 0.3 is 5.97 Å². The molecule has 0 amide bonds. The number of hydrogen-bond acceptors (Lipinski definition) is 3. The fourth-order valence-corrected chi connectivity index (χ4v) is 3.61. The molecular formula is C14H16ClNO2S. The first kappa shape index (κ1) is 14.3. The van der Waals surface area contributed by atoms with E-state index in [4.69, 9.17) is 16.7 Å². The highest BCUT2D eigenvalue weighted by Gasteiger charge is 2.21. The van der Waals surface area contributed by atoms with Crippen molar-refractivity contribution in [1.82, 2.24) is 0 Å². The molecule has 1 unspecified atom stereocenters. The van der Waals surface area contributed by atoms with E-state index in [0.717, 1.165) is 29.5 Å². The van der Waals surface area contributed by atoms with E-state index in [-0.39, 0.29) is 0 Å². The average Bonchev–Trinajstić information content (AvgIpc) is 2.89. The van der Waals surface area contributed by atoms with Crippen molar-refractivity contribution in [2.24, 2.45) is 0 Å². The molecule has 1 aliphatic rings. The minimum atomic E-state index is -0.954. The number of rotatable bonds is 4. The van der Waals surface area contributed by atoms with Crippen molar-refractivity contribution in [3.8, 4) is 0 Å². The summed E-state index contributed by atoms with van der Waals surface area (Å²) in [4.78, 5) is 12.9. The Bertz CT molecular complexity index is 498. The number of benzene rings is 1. The van der Waals surface area contributed by atoms with Crippen LogP contribution in [0.4, 0.5) is 5.69 Å². The number of aliphatic carboxylic acids is 1. The van der Waals surface area contributed by atoms with Gasteiger partial charge in [0, 0.05) is 35.6 Å². The van der Waals surface area contributed by atoms with Crippen LogP contribution >= 0.6 is 23.4 Å². The van der Waals surface area contributed by atoms with Crippen molar-refractivity contribution in [2.75, 3.05) is 23.5 Å². The first-order valence-electron chi connectivity index (χ1n) is 6.09. The summed E-state index contributed by atoms with van der Waals surface area (Å²) >= 11 is 7.95. The number of carboxylic acid groups (broad SMARTS) is 1. The molecular weight excluding hydrogens is 282 g/mol. The van der Waals surface area contributed by atoms with Gasteiger partial charge in [-0.25, -0.2) is 4.79 Å². The van der Waals surface area contributed by atoms with Gasteiger partial charge < -0.3 is 10.0 Å². The normalized spacial score (nSPS) is 18.9. The van der Waals surface area contributed by atoms with Crippen LogP contribution in [0.2, 0.25) is 5.02 Å². The molecule has 0 aromatic heterocycles. The molecule has 19 heavy (non-hydrogen) atoms. The quantitative estimate of drug-likeness (QED) is 0.865. The van der Waals surface area contributed by atoms with Crippen LogP contribution in [0.5, 0.6) is 0 Å². The molecule has 102 valence electrons. The standard InChI is InChI=1S/C14H16ClNO2S/c1-16(12-6-7-19-9-12)13-4-3-11(15)8-10(13)2-5-14(17)18/h2-5,8,12H,6-7,9H2,1H3,(H,17,18)/b5-2+. The first-order chi connectivity index (χ1) is 9.08. The lowest BCUT2D eigenvalue weighted by Gasteiger charge is -2.27. The topological polar surface area (TPSA) is 40.5 Å². The number of halogens is 1. The number of carbonyl (C=O) groups is 1. The summed E-state index contributed by atoms with van der Waals surface area (Å²) in [5, 5.41) is 9.36. The maximum atomic E-state index is 10.7. The number of thioether (sulfide) groups is 1. The molecule has 1 atom stereocenters. The molecule has 1 fully saturated rings. The van der Waals surface area contributed by atoms with Gasteiger partial charge in [-0.1, -0.05) is 11.6 Å². The van der Waals surface area contributed by atoms with Gasteiger partial charge in [0.2, 0.25) is 0 Å². The predicted molar refractivity (Wildman–Crippen MR) is 82.3 cm³/mol. The Labute approximate surface area is 122 Å². The summed E-state index contributed by atoms with van der Waals surface area (Å²) in [5.41, 5.74) is 1.86. The average molecular weight is 298 g/mol. The molecule has 1 aliphatic heterocycles. The van der Waals surface area contributed by atoms with Crippen LogP contribution < -0.4 is 4.90 Å². The van der Waals surface area contributed by atoms with Gasteiger partial charge in [-0.15, -0.1) is 0 Å². The third-order valence-electron chi connectivity index (χ3n) is 3.23. The number of anilines is 1. The smallest absolute Gasteiger partial charge is 0.328 e. The Morgan fingerprint density at radius 3 is 3.00 bits per heavy atom. The monoisotopic (exact) mass is 297 g/mol. The number of hydrogen-bond donors (Lipinski definition) is 1. The van der Waals surface area contributed by atoms with E-state index in [1.165, 1.54) is 5.75 Å². The van der Waals surface area contributed by atoms with Gasteiger partial charge in [0.1, 0.15) is 0 Å². The molecule has 1 N–H and O–H groups in total. The first-order valence-corrected chi connectivity index (χ1v) is 7.62. The van der Waals surface area contributed by atoms with E-state index < -0.39 is 5.97 Å². The highest BCUT2D eigenvalue weighted by atomic mass is 35.5. The highest BCUT2D eigenvalue weighted by Crippen LogP contribution is 2.30. The molecule has 2 rings (SSSR count). The maximum Gasteiger partial charge on any atom is 0.328 e. The fourth-order valence-electron chi connectivity index (χ4n) is 2.17. The minimum absolute atomic E-state index is 0.503. The molecule has 1 aromatic rings. The Balaban J connectivity index is 2.30. The van der Waals surface area contributed by atoms with Crippen LogP contribution in [-0.2, 0) is 4.79 Å². The molecule has 3 nitrogen and oxygen atoms in total. The lowest BCUT2D eigenvalue weighted by molar-refractivity contribution is -0.131. The van der Waals surface area contributed by atoms with Crippen LogP contribution in [-0.4, -0.2) is 35.7 Å². The van der Waals surface area contributed by atoms with Crippen molar-refractivity contribution in [3.05, 3.63) is 34.9 Å². The van der Waals surface area contributed by atoms with Crippen LogP contribution in [0, 0.1) is 0 Å². The largest absolute Gasteiger partial charge is 0.478 e. The van der Waals surface area contributed by atoms with E-state index in [0.29, 0.717) is 11.1 Å². The Morgan fingerprint density at radius 2 is 2.37 bits per heavy atom. The third-order valence-corrected chi connectivity index (χ3v) is 4.61. The SMILES string of the molecule is CN(c1ccc(Cl)cc1/C=C/C(=O)O)C1CCSC1. The van der Waals surface area contributed by atoms with Crippen LogP contribution in [0.3, 0.4) is 0 Å². The third kappa shape index (κ3) is 3.67. The Morgan fingerprint density at radius 1 is 1.58 bits per heavy atom. The van der Waals surface area contributed by atoms with Gasteiger partial charge in [-0.2, -0.15) is 11.8 Å². The van der Waals surface area contributed by atoms with E-state index in [1.807, 2.05) is 23.9 Å². The number of carboxylic acids is 1. The van der Waals surface area contributed by atoms with Crippen LogP contribution in [0.25, 0.3) is 6.08 Å². The number of nitrogens with zero attached hydrogens (tertiary/aromatic N) is 1. The molecule has 1 heterocycles. The van der Waals surface area contributed by atoms with E-state index >= 15 is 0 Å². The molecule has 0 bridgehead atoms. The van der Waals surface area contributed by atoms with Crippen LogP contribution in [0.15, 0.2) is 24.3 Å². The summed E-state index contributed by atoms with van der Waals surface area (Å²) in [6.45, 7) is 0. The van der Waals surface area contributed by atoms with Gasteiger partial charge in [-0.3, -0.25) is 0 Å². The molecule has 0 spiro atoms. The zero-order valence-electron chi connectivity index (χ0n) is 10.7. The molecule has 0 radical (unpaired) electrons. The van der Waals surface area contributed by atoms with Gasteiger partial charge in [0.05, 0.1) is 0 Å². The minimum Gasteiger partial charge on any atom is -0.478 e. The maximum absolute atomic E-state index is 10.7. The summed E-state index contributed by atoms with van der Waals surface area (Å²) in [6.07, 6.45) is 3.90. The van der Waals surface area contributed by atoms with Crippen molar-refractivity contribution < 1.29 is 9.90 Å². The summed E-state index contributed by atoms with van der Waals surface area (Å²) in [7, 11) is 2.05. The van der Waals surface area contributed by atoms with E-state index in [1.54, 1.807) is 12.1 Å². The highest BCUT2D eigenvalue weighted by molar-refractivity contribution is 7.99. The lowest BCUT2D eigenvalue weighted by atomic mass is 10.1. The second kappa shape index (κ2) is 6.35. The molecule has 1 aromatic carbocycles. The zero-order valence-corrected chi connectivity index (χ0v) is 12.2. The summed E-state index contributed by atoms with van der Waals surface area (Å²) in [5.74, 6) is 1.34. The summed E-state index contributed by atoms with van der Waals surface area (Å²) in [6, 6.07) is 6.10. The molecule has 0 aliphatic carbocycles. The van der Waals surface area contributed by atoms with E-state index in [9.17, 15) is 4.79 Å². The van der Waals surface area contributed by atoms with Gasteiger partial charge in [-0.05, 0) is 42.0 Å². The Kier molecular flexibility index (Phi) is 4.77. The van der Waals surface area contributed by atoms with Crippen molar-refractivity contribution in [1.29, 1.82) is 0 Å². The molecule has 1 saturated heterocycles. The molecule has 0 saturated carbocycles. The van der Waals surface area contributed by atoms with Crippen molar-refractivity contribution in [2.45, 2.75) is 12.5 Å². The van der Waals surface area contributed by atoms with Gasteiger partial charge in [0.15, 0.2) is 0 Å². The van der Waals surface area contributed by atoms with Crippen molar-refractivity contribution >= 4 is 41.1 Å². The van der Waals surface area contributed by atoms with E-state index in [2.05, 4.69) is 11.9 Å². The van der Waals surface area contributed by atoms with Crippen molar-refractivity contribution in [3.63, 3.8) is 0 Å². The second-order valence-corrected chi connectivity index (χ2v) is 6.09. The second-order valence-electron chi connectivity index (χ2n) is 4.50. The van der Waals surface area contributed by atoms with Gasteiger partial charge in [0.25, 0.3) is 0 Å². The predicted octanol–water partition coefficient (Wildman–Crippen LogP) is 3.38. The zero-order chi connectivity index (χ0) is 13.8. The lowest BCUT2D eigenvalue weighted by Crippen LogP contribution is -2.31. The van der Waals surface area contributed by atoms with Crippen LogP contribution in [0.1, 0.15) is 12.0 Å². The molecule has 5 heteroatoms. The fraction of sp³-hybridized carbons (Fsp3) is 0.357. The Hall–Kier alpha value is -1.13. The summed E-state index contributed by atoms with van der Waals surface area (Å²) < 4.78 is 0.